The zero-order valence-electron chi connectivity index (χ0n) is 9.07. The Kier molecular flexibility index (Phi) is 3.51. The number of benzene rings is 1. The van der Waals surface area contributed by atoms with Gasteiger partial charge in [-0.1, -0.05) is 24.3 Å². The highest BCUT2D eigenvalue weighted by molar-refractivity contribution is 5.32. The van der Waals surface area contributed by atoms with E-state index in [0.717, 1.165) is 12.0 Å². The lowest BCUT2D eigenvalue weighted by atomic mass is 9.92. The third-order valence-corrected chi connectivity index (χ3v) is 3.12. The van der Waals surface area contributed by atoms with Crippen molar-refractivity contribution in [3.8, 4) is 0 Å². The lowest BCUT2D eigenvalue weighted by Gasteiger charge is -2.36. The molecule has 2 N–H and O–H groups in total. The first-order valence-corrected chi connectivity index (χ1v) is 5.52. The number of halogens is 2. The number of rotatable bonds is 3. The molecule has 2 rings (SSSR count). The zero-order chi connectivity index (χ0) is 11.5. The van der Waals surface area contributed by atoms with Crippen LogP contribution in [0.2, 0.25) is 0 Å². The molecule has 1 unspecified atom stereocenters. The van der Waals surface area contributed by atoms with E-state index in [9.17, 15) is 8.78 Å². The minimum atomic E-state index is -2.29. The van der Waals surface area contributed by atoms with Crippen LogP contribution in [0.5, 0.6) is 0 Å². The van der Waals surface area contributed by atoms with Crippen molar-refractivity contribution in [3.05, 3.63) is 35.4 Å². The second kappa shape index (κ2) is 4.89. The summed E-state index contributed by atoms with van der Waals surface area (Å²) in [6, 6.07) is 7.91. The van der Waals surface area contributed by atoms with Gasteiger partial charge >= 0.3 is 0 Å². The summed E-state index contributed by atoms with van der Waals surface area (Å²) in [6.07, 6.45) is -1.46. The van der Waals surface area contributed by atoms with Gasteiger partial charge in [0.15, 0.2) is 0 Å². The molecule has 1 aliphatic heterocycles. The molecule has 0 aromatic heterocycles. The van der Waals surface area contributed by atoms with Crippen LogP contribution in [-0.4, -0.2) is 31.0 Å². The molecule has 88 valence electrons. The minimum absolute atomic E-state index is 0.0565. The Morgan fingerprint density at radius 3 is 2.81 bits per heavy atom. The molecule has 1 aromatic carbocycles. The largest absolute Gasteiger partial charge is 0.329 e. The molecule has 0 saturated heterocycles. The van der Waals surface area contributed by atoms with E-state index in [2.05, 4.69) is 6.07 Å². The van der Waals surface area contributed by atoms with Crippen LogP contribution in [0.1, 0.15) is 17.2 Å². The van der Waals surface area contributed by atoms with Gasteiger partial charge in [0.2, 0.25) is 0 Å². The fraction of sp³-hybridized carbons (Fsp3) is 0.500. The number of fused-ring (bicyclic) bond motifs is 1. The van der Waals surface area contributed by atoms with Crippen LogP contribution in [0.25, 0.3) is 0 Å². The minimum Gasteiger partial charge on any atom is -0.329 e. The van der Waals surface area contributed by atoms with Crippen molar-refractivity contribution in [2.24, 2.45) is 5.73 Å². The molecule has 0 amide bonds. The van der Waals surface area contributed by atoms with Crippen molar-refractivity contribution in [2.75, 3.05) is 19.6 Å². The summed E-state index contributed by atoms with van der Waals surface area (Å²) >= 11 is 0. The molecule has 0 saturated carbocycles. The van der Waals surface area contributed by atoms with Crippen LogP contribution >= 0.6 is 0 Å². The molecule has 1 aromatic rings. The Balaban J connectivity index is 2.23. The van der Waals surface area contributed by atoms with Crippen molar-refractivity contribution >= 4 is 0 Å². The highest BCUT2D eigenvalue weighted by atomic mass is 19.3. The molecular weight excluding hydrogens is 210 g/mol. The smallest absolute Gasteiger partial charge is 0.251 e. The van der Waals surface area contributed by atoms with Gasteiger partial charge in [0.1, 0.15) is 0 Å². The number of alkyl halides is 2. The van der Waals surface area contributed by atoms with E-state index in [1.54, 1.807) is 4.90 Å². The van der Waals surface area contributed by atoms with E-state index in [0.29, 0.717) is 13.1 Å². The highest BCUT2D eigenvalue weighted by Crippen LogP contribution is 2.29. The molecule has 0 fully saturated rings. The Labute approximate surface area is 94.0 Å². The van der Waals surface area contributed by atoms with Gasteiger partial charge < -0.3 is 5.73 Å². The van der Waals surface area contributed by atoms with Gasteiger partial charge in [-0.25, -0.2) is 8.78 Å². The second-order valence-electron chi connectivity index (χ2n) is 4.09. The third-order valence-electron chi connectivity index (χ3n) is 3.12. The maximum atomic E-state index is 12.4. The van der Waals surface area contributed by atoms with E-state index >= 15 is 0 Å². The Hall–Kier alpha value is -1.00. The Morgan fingerprint density at radius 2 is 2.12 bits per heavy atom. The molecule has 4 heteroatoms. The van der Waals surface area contributed by atoms with Gasteiger partial charge in [-0.2, -0.15) is 0 Å². The molecule has 0 aliphatic carbocycles. The summed E-state index contributed by atoms with van der Waals surface area (Å²) in [5.74, 6) is 0. The van der Waals surface area contributed by atoms with Crippen LogP contribution in [0, 0.1) is 0 Å². The van der Waals surface area contributed by atoms with Crippen molar-refractivity contribution in [3.63, 3.8) is 0 Å². The van der Waals surface area contributed by atoms with Crippen LogP contribution in [0.3, 0.4) is 0 Å². The van der Waals surface area contributed by atoms with Crippen LogP contribution in [0.15, 0.2) is 24.3 Å². The fourth-order valence-corrected chi connectivity index (χ4v) is 2.38. The number of hydrogen-bond donors (Lipinski definition) is 1. The SMILES string of the molecule is NCC1c2ccccc2CCN1CC(F)F. The summed E-state index contributed by atoms with van der Waals surface area (Å²) in [7, 11) is 0. The first-order valence-electron chi connectivity index (χ1n) is 5.52. The van der Waals surface area contributed by atoms with E-state index in [4.69, 9.17) is 5.73 Å². The molecular formula is C12H16F2N2. The molecule has 16 heavy (non-hydrogen) atoms. The summed E-state index contributed by atoms with van der Waals surface area (Å²) in [6.45, 7) is 0.878. The molecule has 0 radical (unpaired) electrons. The highest BCUT2D eigenvalue weighted by Gasteiger charge is 2.27. The first kappa shape index (κ1) is 11.5. The Bertz CT molecular complexity index is 355. The normalized spacial score (nSPS) is 21.1. The average Bonchev–Trinajstić information content (AvgIpc) is 2.28. The predicted octanol–water partition coefficient (Wildman–Crippen LogP) is 1.81. The van der Waals surface area contributed by atoms with Gasteiger partial charge in [-0.15, -0.1) is 0 Å². The van der Waals surface area contributed by atoms with Crippen LogP contribution in [-0.2, 0) is 6.42 Å². The van der Waals surface area contributed by atoms with E-state index in [1.165, 1.54) is 5.56 Å². The molecule has 1 atom stereocenters. The molecule has 0 bridgehead atoms. The molecule has 1 heterocycles. The van der Waals surface area contributed by atoms with E-state index in [-0.39, 0.29) is 12.6 Å². The summed E-state index contributed by atoms with van der Waals surface area (Å²) in [5, 5.41) is 0. The van der Waals surface area contributed by atoms with Crippen molar-refractivity contribution in [1.29, 1.82) is 0 Å². The third kappa shape index (κ3) is 2.23. The molecule has 0 spiro atoms. The summed E-state index contributed by atoms with van der Waals surface area (Å²) in [4.78, 5) is 1.78. The van der Waals surface area contributed by atoms with Gasteiger partial charge in [-0.05, 0) is 17.5 Å². The molecule has 2 nitrogen and oxygen atoms in total. The predicted molar refractivity (Wildman–Crippen MR) is 59.5 cm³/mol. The quantitative estimate of drug-likeness (QED) is 0.851. The van der Waals surface area contributed by atoms with Crippen molar-refractivity contribution in [2.45, 2.75) is 18.9 Å². The fourth-order valence-electron chi connectivity index (χ4n) is 2.38. The average molecular weight is 226 g/mol. The second-order valence-corrected chi connectivity index (χ2v) is 4.09. The Morgan fingerprint density at radius 1 is 1.38 bits per heavy atom. The monoisotopic (exact) mass is 226 g/mol. The lowest BCUT2D eigenvalue weighted by molar-refractivity contribution is 0.0630. The maximum absolute atomic E-state index is 12.4. The first-order chi connectivity index (χ1) is 7.72. The maximum Gasteiger partial charge on any atom is 0.251 e. The molecule has 1 aliphatic rings. The van der Waals surface area contributed by atoms with Gasteiger partial charge in [-0.3, -0.25) is 4.90 Å². The van der Waals surface area contributed by atoms with E-state index in [1.807, 2.05) is 18.2 Å². The van der Waals surface area contributed by atoms with E-state index < -0.39 is 6.43 Å². The summed E-state index contributed by atoms with van der Waals surface area (Å²) in [5.41, 5.74) is 8.05. The topological polar surface area (TPSA) is 29.3 Å². The van der Waals surface area contributed by atoms with Gasteiger partial charge in [0, 0.05) is 19.1 Å². The van der Waals surface area contributed by atoms with Crippen LogP contribution < -0.4 is 5.73 Å². The number of hydrogen-bond acceptors (Lipinski definition) is 2. The standard InChI is InChI=1S/C12H16F2N2/c13-12(14)8-16-6-5-9-3-1-2-4-10(9)11(16)7-15/h1-4,11-12H,5-8,15H2. The van der Waals surface area contributed by atoms with Gasteiger partial charge in [0.05, 0.1) is 6.54 Å². The number of nitrogens with two attached hydrogens (primary N) is 1. The zero-order valence-corrected chi connectivity index (χ0v) is 9.07. The van der Waals surface area contributed by atoms with Crippen LogP contribution in [0.4, 0.5) is 8.78 Å². The van der Waals surface area contributed by atoms with Gasteiger partial charge in [0.25, 0.3) is 6.43 Å². The van der Waals surface area contributed by atoms with Crippen molar-refractivity contribution in [1.82, 2.24) is 4.90 Å². The van der Waals surface area contributed by atoms with Crippen molar-refractivity contribution < 1.29 is 8.78 Å². The lowest BCUT2D eigenvalue weighted by Crippen LogP contribution is -2.41. The number of nitrogens with zero attached hydrogens (tertiary/aromatic N) is 1. The summed E-state index contributed by atoms with van der Waals surface area (Å²) < 4.78 is 24.8.